The molecule has 45 heavy (non-hydrogen) atoms. The molecule has 3 unspecified atom stereocenters. The van der Waals surface area contributed by atoms with Gasteiger partial charge >= 0.3 is 0 Å². The molecule has 12 heteroatoms. The van der Waals surface area contributed by atoms with E-state index < -0.39 is 9.84 Å². The number of carbonyl (C=O) groups excluding carboxylic acids is 1. The molecule has 3 fully saturated rings. The first-order chi connectivity index (χ1) is 21.6. The minimum Gasteiger partial charge on any atom is -0.494 e. The number of amides is 1. The molecular formula is C33H35N7O4S. The lowest BCUT2D eigenvalue weighted by atomic mass is 10.1. The van der Waals surface area contributed by atoms with Gasteiger partial charge < -0.3 is 24.5 Å². The average molecular weight is 626 g/mol. The largest absolute Gasteiger partial charge is 0.494 e. The van der Waals surface area contributed by atoms with Gasteiger partial charge in [-0.3, -0.25) is 4.79 Å². The molecule has 5 aromatic rings. The van der Waals surface area contributed by atoms with E-state index >= 15 is 0 Å². The maximum atomic E-state index is 13.7. The Labute approximate surface area is 260 Å². The fraction of sp³-hybridized carbons (Fsp3) is 0.394. The second kappa shape index (κ2) is 10.1. The van der Waals surface area contributed by atoms with E-state index in [0.717, 1.165) is 59.3 Å². The average Bonchev–Trinajstić information content (AvgIpc) is 3.44. The number of rotatable bonds is 7. The maximum Gasteiger partial charge on any atom is 0.254 e. The number of benzene rings is 1. The number of piperidine rings is 1. The van der Waals surface area contributed by atoms with E-state index in [4.69, 9.17) is 20.4 Å². The predicted octanol–water partition coefficient (Wildman–Crippen LogP) is 4.04. The Morgan fingerprint density at radius 2 is 1.89 bits per heavy atom. The smallest absolute Gasteiger partial charge is 0.254 e. The molecule has 4 aromatic heterocycles. The number of hydrogen-bond acceptors (Lipinski definition) is 8. The van der Waals surface area contributed by atoms with Crippen molar-refractivity contribution in [2.75, 3.05) is 19.9 Å². The maximum absolute atomic E-state index is 13.7. The molecule has 5 heterocycles. The first kappa shape index (κ1) is 28.2. The van der Waals surface area contributed by atoms with Crippen molar-refractivity contribution in [1.82, 2.24) is 29.0 Å². The van der Waals surface area contributed by atoms with Crippen LogP contribution < -0.4 is 10.5 Å². The number of aryl methyl sites for hydroxylation is 1. The zero-order valence-electron chi connectivity index (χ0n) is 25.5. The summed E-state index contributed by atoms with van der Waals surface area (Å²) in [6, 6.07) is 13.2. The van der Waals surface area contributed by atoms with Gasteiger partial charge in [-0.05, 0) is 80.0 Å². The Hall–Kier alpha value is -4.29. The number of likely N-dealkylation sites (tertiary alicyclic amines) is 1. The van der Waals surface area contributed by atoms with Crippen LogP contribution in [0.25, 0.3) is 44.8 Å². The van der Waals surface area contributed by atoms with Gasteiger partial charge in [0.15, 0.2) is 20.7 Å². The normalized spacial score (nSPS) is 21.3. The van der Waals surface area contributed by atoms with Gasteiger partial charge in [-0.2, -0.15) is 0 Å². The van der Waals surface area contributed by atoms with E-state index in [2.05, 4.69) is 15.6 Å². The lowest BCUT2D eigenvalue weighted by Crippen LogP contribution is -2.41. The van der Waals surface area contributed by atoms with E-state index in [1.807, 2.05) is 40.8 Å². The van der Waals surface area contributed by atoms with E-state index in [0.29, 0.717) is 40.9 Å². The number of methoxy groups -OCH3 is 1. The van der Waals surface area contributed by atoms with E-state index in [-0.39, 0.29) is 23.0 Å². The number of nitrogens with zero attached hydrogens (tertiary/aromatic N) is 6. The van der Waals surface area contributed by atoms with Gasteiger partial charge in [0, 0.05) is 61.2 Å². The lowest BCUT2D eigenvalue weighted by Gasteiger charge is -2.27. The Morgan fingerprint density at radius 3 is 2.53 bits per heavy atom. The molecule has 232 valence electrons. The fourth-order valence-electron chi connectivity index (χ4n) is 7.23. The summed E-state index contributed by atoms with van der Waals surface area (Å²) >= 11 is 0. The van der Waals surface area contributed by atoms with Crippen LogP contribution in [0.1, 0.15) is 36.0 Å². The third-order valence-electron chi connectivity index (χ3n) is 9.84. The number of hydrogen-bond donors (Lipinski definition) is 1. The molecule has 2 aliphatic carbocycles. The summed E-state index contributed by atoms with van der Waals surface area (Å²) in [5.74, 6) is 2.27. The number of ether oxygens (including phenoxy) is 1. The number of aromatic nitrogens is 5. The summed E-state index contributed by atoms with van der Waals surface area (Å²) in [6.45, 7) is 1.51. The highest BCUT2D eigenvalue weighted by Gasteiger charge is 2.47. The van der Waals surface area contributed by atoms with Gasteiger partial charge in [0.2, 0.25) is 0 Å². The van der Waals surface area contributed by atoms with E-state index in [1.165, 1.54) is 18.9 Å². The minimum atomic E-state index is -3.39. The number of carbonyl (C=O) groups is 1. The third-order valence-corrected chi connectivity index (χ3v) is 10.8. The summed E-state index contributed by atoms with van der Waals surface area (Å²) in [5, 5.41) is 1.01. The van der Waals surface area contributed by atoms with Gasteiger partial charge in [0.25, 0.3) is 5.91 Å². The highest BCUT2D eigenvalue weighted by molar-refractivity contribution is 7.90. The molecule has 2 saturated carbocycles. The van der Waals surface area contributed by atoms with Crippen LogP contribution in [0.5, 0.6) is 5.75 Å². The molecule has 1 aromatic carbocycles. The van der Waals surface area contributed by atoms with Crippen molar-refractivity contribution in [3.8, 4) is 28.5 Å². The quantitative estimate of drug-likeness (QED) is 0.286. The third kappa shape index (κ3) is 4.61. The zero-order chi connectivity index (χ0) is 31.2. The molecule has 0 spiro atoms. The monoisotopic (exact) mass is 625 g/mol. The Balaban J connectivity index is 1.22. The van der Waals surface area contributed by atoms with Crippen LogP contribution >= 0.6 is 0 Å². The van der Waals surface area contributed by atoms with Gasteiger partial charge in [-0.15, -0.1) is 0 Å². The first-order valence-electron chi connectivity index (χ1n) is 15.4. The topological polar surface area (TPSA) is 138 Å². The Kier molecular flexibility index (Phi) is 6.34. The molecule has 3 atom stereocenters. The molecule has 0 radical (unpaired) electrons. The molecule has 3 aliphatic rings. The minimum absolute atomic E-state index is 0.0244. The molecular weight excluding hydrogens is 590 g/mol. The molecule has 8 rings (SSSR count). The van der Waals surface area contributed by atoms with Crippen LogP contribution in [0.2, 0.25) is 0 Å². The summed E-state index contributed by atoms with van der Waals surface area (Å²) in [4.78, 5) is 29.9. The number of sulfone groups is 1. The molecule has 2 bridgehead atoms. The van der Waals surface area contributed by atoms with Crippen molar-refractivity contribution in [3.63, 3.8) is 0 Å². The van der Waals surface area contributed by atoms with E-state index in [9.17, 15) is 13.2 Å². The predicted molar refractivity (Wildman–Crippen MR) is 171 cm³/mol. The van der Waals surface area contributed by atoms with Crippen molar-refractivity contribution in [1.29, 1.82) is 0 Å². The highest BCUT2D eigenvalue weighted by atomic mass is 32.2. The molecule has 2 N–H and O–H groups in total. The summed E-state index contributed by atoms with van der Waals surface area (Å²) in [6.07, 6.45) is 7.07. The summed E-state index contributed by atoms with van der Waals surface area (Å²) in [7, 11) is 0.200. The van der Waals surface area contributed by atoms with Crippen LogP contribution in [0.15, 0.2) is 53.7 Å². The van der Waals surface area contributed by atoms with Crippen LogP contribution in [-0.4, -0.2) is 75.3 Å². The number of pyridine rings is 2. The van der Waals surface area contributed by atoms with Crippen molar-refractivity contribution < 1.29 is 17.9 Å². The van der Waals surface area contributed by atoms with Crippen LogP contribution in [0.4, 0.5) is 0 Å². The first-order valence-corrected chi connectivity index (χ1v) is 17.3. The molecule has 1 aliphatic heterocycles. The number of nitrogens with two attached hydrogens (primary N) is 1. The van der Waals surface area contributed by atoms with Crippen LogP contribution in [0, 0.1) is 11.8 Å². The number of fused-ring (bicyclic) bond motifs is 4. The molecule has 1 saturated heterocycles. The molecule has 1 amide bonds. The van der Waals surface area contributed by atoms with Crippen molar-refractivity contribution in [2.45, 2.75) is 49.3 Å². The fourth-order valence-corrected chi connectivity index (χ4v) is 7.79. The van der Waals surface area contributed by atoms with Gasteiger partial charge in [-0.25, -0.2) is 23.4 Å². The van der Waals surface area contributed by atoms with Gasteiger partial charge in [0.05, 0.1) is 24.0 Å². The Bertz CT molecular complexity index is 2110. The standard InChI is InChI=1S/C33H35N7O4S/c1-38-30-24(12-22(14-27(30)44-2)33(41)40-17-21-7-10-25(40)29(21)34)37-32(38)26-13-19-6-9-23(36-31(19)39(26)16-18-4-5-18)20-8-11-28(35-15-20)45(3,42)43/h6,8-9,11-15,18,21,25,29H,4-5,7,10,16-17,34H2,1-3H3. The Morgan fingerprint density at radius 1 is 1.07 bits per heavy atom. The molecule has 11 nitrogen and oxygen atoms in total. The van der Waals surface area contributed by atoms with Crippen LogP contribution in [-0.2, 0) is 23.4 Å². The number of imidazole rings is 1. The van der Waals surface area contributed by atoms with Crippen molar-refractivity contribution in [3.05, 3.63) is 54.2 Å². The van der Waals surface area contributed by atoms with Crippen molar-refractivity contribution in [2.24, 2.45) is 24.6 Å². The van der Waals surface area contributed by atoms with Gasteiger partial charge in [0.1, 0.15) is 16.9 Å². The second-order valence-corrected chi connectivity index (χ2v) is 14.8. The summed E-state index contributed by atoms with van der Waals surface area (Å²) in [5.41, 5.74) is 11.7. The lowest BCUT2D eigenvalue weighted by molar-refractivity contribution is 0.0700. The van der Waals surface area contributed by atoms with Crippen molar-refractivity contribution >= 4 is 37.8 Å². The van der Waals surface area contributed by atoms with E-state index in [1.54, 1.807) is 19.4 Å². The van der Waals surface area contributed by atoms with Gasteiger partial charge in [-0.1, -0.05) is 0 Å². The SMILES string of the molecule is COc1cc(C(=O)N2CC3CCC2C3N)cc2nc(-c3cc4ccc(-c5ccc(S(C)(=O)=O)nc5)nc4n3CC3CC3)n(C)c12. The highest BCUT2D eigenvalue weighted by Crippen LogP contribution is 2.40. The summed E-state index contributed by atoms with van der Waals surface area (Å²) < 4.78 is 33.9. The second-order valence-electron chi connectivity index (χ2n) is 12.8. The van der Waals surface area contributed by atoms with Crippen LogP contribution in [0.3, 0.4) is 0 Å². The zero-order valence-corrected chi connectivity index (χ0v) is 26.3.